The first-order valence-electron chi connectivity index (χ1n) is 5.30. The molecule has 3 heteroatoms. The van der Waals surface area contributed by atoms with Crippen molar-refractivity contribution in [1.82, 2.24) is 5.32 Å². The van der Waals surface area contributed by atoms with Gasteiger partial charge in [0, 0.05) is 22.4 Å². The predicted octanol–water partition coefficient (Wildman–Crippen LogP) is 4.10. The van der Waals surface area contributed by atoms with Gasteiger partial charge in [-0.25, -0.2) is 0 Å². The number of rotatable bonds is 6. The van der Waals surface area contributed by atoms with Gasteiger partial charge >= 0.3 is 0 Å². The van der Waals surface area contributed by atoms with Crippen molar-refractivity contribution in [2.45, 2.75) is 32.4 Å². The first kappa shape index (κ1) is 13.2. The molecule has 0 saturated carbocycles. The number of halogens is 2. The van der Waals surface area contributed by atoms with E-state index in [4.69, 9.17) is 0 Å². The fraction of sp³-hybridized carbons (Fsp3) is 0.500. The van der Waals surface area contributed by atoms with Crippen LogP contribution in [0.15, 0.2) is 28.7 Å². The third-order valence-corrected chi connectivity index (χ3v) is 3.44. The Hall–Kier alpha value is 0.140. The van der Waals surface area contributed by atoms with E-state index in [0.29, 0.717) is 6.04 Å². The molecule has 1 rings (SSSR count). The molecular formula is C12H17Br2N. The van der Waals surface area contributed by atoms with Crippen molar-refractivity contribution in [2.24, 2.45) is 0 Å². The molecule has 1 N–H and O–H groups in total. The maximum Gasteiger partial charge on any atom is 0.0208 e. The van der Waals surface area contributed by atoms with Crippen LogP contribution in [-0.4, -0.2) is 11.4 Å². The Morgan fingerprint density at radius 2 is 1.93 bits per heavy atom. The molecule has 0 amide bonds. The summed E-state index contributed by atoms with van der Waals surface area (Å²) >= 11 is 6.92. The SMILES string of the molecule is CCC(CCBr)NCc1ccc(Br)cc1. The number of hydrogen-bond acceptors (Lipinski definition) is 1. The highest BCUT2D eigenvalue weighted by atomic mass is 79.9. The standard InChI is InChI=1S/C12H17Br2N/c1-2-12(7-8-13)15-9-10-3-5-11(14)6-4-10/h3-6,12,15H,2,7-9H2,1H3. The van der Waals surface area contributed by atoms with Gasteiger partial charge in [0.15, 0.2) is 0 Å². The van der Waals surface area contributed by atoms with E-state index in [1.165, 1.54) is 18.4 Å². The quantitative estimate of drug-likeness (QED) is 0.772. The van der Waals surface area contributed by atoms with Gasteiger partial charge in [-0.05, 0) is 30.5 Å². The number of alkyl halides is 1. The van der Waals surface area contributed by atoms with Crippen molar-refractivity contribution in [3.8, 4) is 0 Å². The van der Waals surface area contributed by atoms with Gasteiger partial charge in [-0.2, -0.15) is 0 Å². The van der Waals surface area contributed by atoms with Gasteiger partial charge in [-0.3, -0.25) is 0 Å². The van der Waals surface area contributed by atoms with Crippen LogP contribution in [0, 0.1) is 0 Å². The van der Waals surface area contributed by atoms with Gasteiger partial charge in [0.1, 0.15) is 0 Å². The fourth-order valence-corrected chi connectivity index (χ4v) is 2.26. The summed E-state index contributed by atoms with van der Waals surface area (Å²) in [5.74, 6) is 0. The lowest BCUT2D eigenvalue weighted by atomic mass is 10.1. The Labute approximate surface area is 109 Å². The molecule has 0 fully saturated rings. The molecule has 0 bridgehead atoms. The largest absolute Gasteiger partial charge is 0.310 e. The fourth-order valence-electron chi connectivity index (χ4n) is 1.45. The van der Waals surface area contributed by atoms with Crippen LogP contribution in [0.25, 0.3) is 0 Å². The molecule has 0 saturated heterocycles. The molecule has 84 valence electrons. The Morgan fingerprint density at radius 3 is 2.47 bits per heavy atom. The Kier molecular flexibility index (Phi) is 6.53. The van der Waals surface area contributed by atoms with E-state index >= 15 is 0 Å². The number of hydrogen-bond donors (Lipinski definition) is 1. The maximum absolute atomic E-state index is 3.56. The van der Waals surface area contributed by atoms with Crippen LogP contribution in [0.4, 0.5) is 0 Å². The zero-order valence-corrected chi connectivity index (χ0v) is 12.1. The van der Waals surface area contributed by atoms with Crippen molar-refractivity contribution in [3.63, 3.8) is 0 Å². The second-order valence-corrected chi connectivity index (χ2v) is 5.30. The van der Waals surface area contributed by atoms with E-state index in [9.17, 15) is 0 Å². The molecule has 1 aromatic carbocycles. The second-order valence-electron chi connectivity index (χ2n) is 3.59. The second kappa shape index (κ2) is 7.42. The summed E-state index contributed by atoms with van der Waals surface area (Å²) in [6, 6.07) is 9.09. The molecule has 1 atom stereocenters. The van der Waals surface area contributed by atoms with E-state index in [1.807, 2.05) is 0 Å². The molecule has 0 aliphatic carbocycles. The molecule has 1 aromatic rings. The van der Waals surface area contributed by atoms with Crippen LogP contribution in [-0.2, 0) is 6.54 Å². The molecule has 0 aliphatic heterocycles. The molecule has 0 heterocycles. The summed E-state index contributed by atoms with van der Waals surface area (Å²) in [5.41, 5.74) is 1.34. The van der Waals surface area contributed by atoms with Crippen LogP contribution in [0.3, 0.4) is 0 Å². The van der Waals surface area contributed by atoms with Crippen LogP contribution in [0.2, 0.25) is 0 Å². The lowest BCUT2D eigenvalue weighted by Crippen LogP contribution is -2.28. The van der Waals surface area contributed by atoms with E-state index in [0.717, 1.165) is 16.3 Å². The monoisotopic (exact) mass is 333 g/mol. The molecule has 0 aromatic heterocycles. The molecular weight excluding hydrogens is 318 g/mol. The smallest absolute Gasteiger partial charge is 0.0208 e. The summed E-state index contributed by atoms with van der Waals surface area (Å²) < 4.78 is 1.14. The van der Waals surface area contributed by atoms with Crippen molar-refractivity contribution < 1.29 is 0 Å². The number of nitrogens with one attached hydrogen (secondary N) is 1. The van der Waals surface area contributed by atoms with E-state index in [1.54, 1.807) is 0 Å². The van der Waals surface area contributed by atoms with Crippen LogP contribution in [0.5, 0.6) is 0 Å². The number of benzene rings is 1. The minimum Gasteiger partial charge on any atom is -0.310 e. The Balaban J connectivity index is 2.38. The summed E-state index contributed by atoms with van der Waals surface area (Å²) in [6.45, 7) is 3.18. The summed E-state index contributed by atoms with van der Waals surface area (Å²) in [5, 5.41) is 4.63. The van der Waals surface area contributed by atoms with Gasteiger partial charge < -0.3 is 5.32 Å². The normalized spacial score (nSPS) is 12.7. The van der Waals surface area contributed by atoms with Crippen LogP contribution in [0.1, 0.15) is 25.3 Å². The highest BCUT2D eigenvalue weighted by molar-refractivity contribution is 9.10. The minimum absolute atomic E-state index is 0.619. The zero-order valence-electron chi connectivity index (χ0n) is 8.97. The third-order valence-electron chi connectivity index (χ3n) is 2.46. The van der Waals surface area contributed by atoms with Crippen LogP contribution >= 0.6 is 31.9 Å². The Morgan fingerprint density at radius 1 is 1.27 bits per heavy atom. The zero-order chi connectivity index (χ0) is 11.1. The van der Waals surface area contributed by atoms with Crippen molar-refractivity contribution in [1.29, 1.82) is 0 Å². The summed E-state index contributed by atoms with van der Waals surface area (Å²) in [4.78, 5) is 0. The van der Waals surface area contributed by atoms with Crippen molar-refractivity contribution in [3.05, 3.63) is 34.3 Å². The van der Waals surface area contributed by atoms with E-state index < -0.39 is 0 Å². The summed E-state index contributed by atoms with van der Waals surface area (Å²) in [6.07, 6.45) is 2.37. The Bertz CT molecular complexity index is 271. The third kappa shape index (κ3) is 5.14. The summed E-state index contributed by atoms with van der Waals surface area (Å²) in [7, 11) is 0. The van der Waals surface area contributed by atoms with Crippen molar-refractivity contribution in [2.75, 3.05) is 5.33 Å². The first-order chi connectivity index (χ1) is 7.26. The average molecular weight is 335 g/mol. The van der Waals surface area contributed by atoms with Crippen molar-refractivity contribution >= 4 is 31.9 Å². The molecule has 1 nitrogen and oxygen atoms in total. The van der Waals surface area contributed by atoms with E-state index in [2.05, 4.69) is 68.4 Å². The molecule has 0 aliphatic rings. The molecule has 0 spiro atoms. The van der Waals surface area contributed by atoms with Gasteiger partial charge in [0.2, 0.25) is 0 Å². The molecule has 15 heavy (non-hydrogen) atoms. The van der Waals surface area contributed by atoms with Gasteiger partial charge in [0.05, 0.1) is 0 Å². The minimum atomic E-state index is 0.619. The highest BCUT2D eigenvalue weighted by Gasteiger charge is 2.03. The van der Waals surface area contributed by atoms with Gasteiger partial charge in [0.25, 0.3) is 0 Å². The molecule has 1 unspecified atom stereocenters. The predicted molar refractivity (Wildman–Crippen MR) is 73.5 cm³/mol. The average Bonchev–Trinajstić information content (AvgIpc) is 2.26. The highest BCUT2D eigenvalue weighted by Crippen LogP contribution is 2.11. The molecule has 0 radical (unpaired) electrons. The topological polar surface area (TPSA) is 12.0 Å². The van der Waals surface area contributed by atoms with Crippen LogP contribution < -0.4 is 5.32 Å². The maximum atomic E-state index is 3.56. The first-order valence-corrected chi connectivity index (χ1v) is 7.21. The van der Waals surface area contributed by atoms with Gasteiger partial charge in [-0.1, -0.05) is 50.9 Å². The lowest BCUT2D eigenvalue weighted by molar-refractivity contribution is 0.488. The van der Waals surface area contributed by atoms with E-state index in [-0.39, 0.29) is 0 Å². The lowest BCUT2D eigenvalue weighted by Gasteiger charge is -2.15. The van der Waals surface area contributed by atoms with Gasteiger partial charge in [-0.15, -0.1) is 0 Å².